The molecule has 11 heteroatoms. The van der Waals surface area contributed by atoms with Crippen LogP contribution in [0.1, 0.15) is 24.2 Å². The summed E-state index contributed by atoms with van der Waals surface area (Å²) in [5.74, 6) is -13.0. The maximum absolute atomic E-state index is 13.4. The molecule has 0 fully saturated rings. The number of ether oxygens (including phenoxy) is 3. The number of hydrogen-bond donors (Lipinski definition) is 0. The molecule has 5 nitrogen and oxygen atoms in total. The Morgan fingerprint density at radius 1 is 0.917 bits per heavy atom. The van der Waals surface area contributed by atoms with Crippen molar-refractivity contribution in [1.82, 2.24) is 0 Å². The quantitative estimate of drug-likeness (QED) is 0.126. The molecule has 0 unspecified atom stereocenters. The van der Waals surface area contributed by atoms with Crippen LogP contribution in [-0.2, 0) is 18.6 Å². The highest BCUT2D eigenvalue weighted by atomic mass is 28.2. The molecule has 0 saturated carbocycles. The summed E-state index contributed by atoms with van der Waals surface area (Å²) in [6.45, 7) is 3.01. The third-order valence-electron chi connectivity index (χ3n) is 2.59. The van der Waals surface area contributed by atoms with E-state index in [1.165, 1.54) is 0 Å². The van der Waals surface area contributed by atoms with E-state index in [0.29, 0.717) is 13.2 Å². The Balaban J connectivity index is 2.67. The lowest BCUT2D eigenvalue weighted by Gasteiger charge is -2.17. The predicted molar refractivity (Wildman–Crippen MR) is 73.2 cm³/mol. The first kappa shape index (κ1) is 20.5. The zero-order valence-electron chi connectivity index (χ0n) is 12.8. The van der Waals surface area contributed by atoms with Gasteiger partial charge in [0.1, 0.15) is 11.8 Å². The summed E-state index contributed by atoms with van der Waals surface area (Å²) in [5, 5.41) is 0. The van der Waals surface area contributed by atoms with Crippen LogP contribution in [0.5, 0.6) is 0 Å². The van der Waals surface area contributed by atoms with Crippen LogP contribution in [0.15, 0.2) is 0 Å². The van der Waals surface area contributed by atoms with Crippen molar-refractivity contribution in [1.29, 1.82) is 0 Å². The molecule has 0 heterocycles. The summed E-state index contributed by atoms with van der Waals surface area (Å²) < 4.78 is 85.5. The Hall–Kier alpha value is -1.56. The Morgan fingerprint density at radius 3 is 1.83 bits per heavy atom. The molecule has 0 amide bonds. The molecule has 136 valence electrons. The van der Waals surface area contributed by atoms with Crippen molar-refractivity contribution < 1.29 is 45.4 Å². The van der Waals surface area contributed by atoms with Gasteiger partial charge in [0.15, 0.2) is 23.3 Å². The molecule has 0 aliphatic heterocycles. The molecule has 0 radical (unpaired) electrons. The maximum atomic E-state index is 13.4. The van der Waals surface area contributed by atoms with Crippen molar-refractivity contribution in [2.75, 3.05) is 19.4 Å². The van der Waals surface area contributed by atoms with Crippen LogP contribution in [0, 0.1) is 29.1 Å². The van der Waals surface area contributed by atoms with Crippen LogP contribution < -0.4 is 0 Å². The van der Waals surface area contributed by atoms with E-state index in [2.05, 4.69) is 4.74 Å². The van der Waals surface area contributed by atoms with E-state index in [-0.39, 0.29) is 6.23 Å². The van der Waals surface area contributed by atoms with Gasteiger partial charge < -0.3 is 18.6 Å². The smallest absolute Gasteiger partial charge is 0.344 e. The van der Waals surface area contributed by atoms with Crippen LogP contribution in [0.25, 0.3) is 0 Å². The largest absolute Gasteiger partial charge is 0.463 e. The lowest BCUT2D eigenvalue weighted by molar-refractivity contribution is -0.244. The molecule has 24 heavy (non-hydrogen) atoms. The van der Waals surface area contributed by atoms with Crippen molar-refractivity contribution in [3.8, 4) is 0 Å². The molecule has 0 atom stereocenters. The predicted octanol–water partition coefficient (Wildman–Crippen LogP) is 1.95. The molecule has 1 aromatic carbocycles. The highest BCUT2D eigenvalue weighted by molar-refractivity contribution is 6.27. The first-order chi connectivity index (χ1) is 11.3. The van der Waals surface area contributed by atoms with Crippen molar-refractivity contribution >= 4 is 15.7 Å². The third kappa shape index (κ3) is 4.96. The number of esters is 1. The SMILES string of the molecule is CCOC(OCC)O[SiH2]COC(=O)c1c(F)c(F)c(F)c(F)c1F. The molecule has 0 aliphatic rings. The number of rotatable bonds is 9. The van der Waals surface area contributed by atoms with Gasteiger partial charge in [-0.25, -0.2) is 26.7 Å². The molecule has 1 aromatic rings. The van der Waals surface area contributed by atoms with Crippen molar-refractivity contribution in [3.05, 3.63) is 34.6 Å². The standard InChI is InChI=1S/C13H15F5O5Si/c1-3-20-13(21-4-2)23-24-5-22-12(19)6-7(14)9(16)11(18)10(17)8(6)15/h13H,3-5,24H2,1-2H3. The van der Waals surface area contributed by atoms with Gasteiger partial charge in [-0.15, -0.1) is 0 Å². The molecular formula is C13H15F5O5Si. The second-order valence-corrected chi connectivity index (χ2v) is 5.30. The van der Waals surface area contributed by atoms with Crippen LogP contribution in [0.2, 0.25) is 0 Å². The first-order valence-corrected chi connectivity index (χ1v) is 8.46. The fraction of sp³-hybridized carbons (Fsp3) is 0.462. The Morgan fingerprint density at radius 2 is 1.38 bits per heavy atom. The second kappa shape index (κ2) is 9.66. The highest BCUT2D eigenvalue weighted by Gasteiger charge is 2.30. The average molecular weight is 374 g/mol. The second-order valence-electron chi connectivity index (χ2n) is 4.15. The monoisotopic (exact) mass is 374 g/mol. The fourth-order valence-electron chi connectivity index (χ4n) is 1.55. The van der Waals surface area contributed by atoms with Crippen molar-refractivity contribution in [3.63, 3.8) is 0 Å². The summed E-state index contributed by atoms with van der Waals surface area (Å²) in [4.78, 5) is 11.5. The molecule has 0 saturated heterocycles. The molecule has 1 rings (SSSR count). The summed E-state index contributed by atoms with van der Waals surface area (Å²) in [5.41, 5.74) is -1.65. The number of halogens is 5. The average Bonchev–Trinajstić information content (AvgIpc) is 2.55. The molecule has 0 aromatic heterocycles. The van der Waals surface area contributed by atoms with Crippen molar-refractivity contribution in [2.24, 2.45) is 0 Å². The minimum Gasteiger partial charge on any atom is -0.463 e. The number of hydrogen-bond acceptors (Lipinski definition) is 5. The van der Waals surface area contributed by atoms with Crippen molar-refractivity contribution in [2.45, 2.75) is 20.3 Å². The normalized spacial score (nSPS) is 11.7. The lowest BCUT2D eigenvalue weighted by atomic mass is 10.1. The van der Waals surface area contributed by atoms with Crippen LogP contribution >= 0.6 is 0 Å². The van der Waals surface area contributed by atoms with Gasteiger partial charge in [-0.2, -0.15) is 0 Å². The van der Waals surface area contributed by atoms with E-state index in [0.717, 1.165) is 0 Å². The van der Waals surface area contributed by atoms with Gasteiger partial charge in [-0.05, 0) is 13.8 Å². The maximum Gasteiger partial charge on any atom is 0.344 e. The summed E-state index contributed by atoms with van der Waals surface area (Å²) >= 11 is 0. The number of carbonyl (C=O) groups excluding carboxylic acids is 1. The molecule has 0 aliphatic carbocycles. The van der Waals surface area contributed by atoms with Gasteiger partial charge in [-0.1, -0.05) is 0 Å². The number of carbonyl (C=O) groups is 1. The summed E-state index contributed by atoms with van der Waals surface area (Å²) in [6, 6.07) is 0. The zero-order valence-corrected chi connectivity index (χ0v) is 14.3. The number of benzene rings is 1. The third-order valence-corrected chi connectivity index (χ3v) is 3.47. The Bertz CT molecular complexity index is 551. The van der Waals surface area contributed by atoms with Gasteiger partial charge in [0, 0.05) is 13.2 Å². The van der Waals surface area contributed by atoms with Crippen LogP contribution in [0.4, 0.5) is 22.0 Å². The van der Waals surface area contributed by atoms with Gasteiger partial charge in [0.25, 0.3) is 6.48 Å². The summed E-state index contributed by atoms with van der Waals surface area (Å²) in [7, 11) is -1.58. The van der Waals surface area contributed by atoms with E-state index in [4.69, 9.17) is 13.9 Å². The van der Waals surface area contributed by atoms with Gasteiger partial charge in [0.05, 0.1) is 0 Å². The molecule has 0 bridgehead atoms. The van der Waals surface area contributed by atoms with E-state index >= 15 is 0 Å². The van der Waals surface area contributed by atoms with Gasteiger partial charge in [-0.3, -0.25) is 0 Å². The van der Waals surface area contributed by atoms with E-state index < -0.39 is 56.9 Å². The first-order valence-electron chi connectivity index (χ1n) is 6.88. The summed E-state index contributed by atoms with van der Waals surface area (Å²) in [6.07, 6.45) is -0.380. The van der Waals surface area contributed by atoms with E-state index in [1.54, 1.807) is 13.8 Å². The zero-order chi connectivity index (χ0) is 18.3. The Kier molecular flexibility index (Phi) is 8.25. The van der Waals surface area contributed by atoms with Crippen LogP contribution in [-0.4, -0.2) is 41.7 Å². The van der Waals surface area contributed by atoms with E-state index in [1.807, 2.05) is 0 Å². The van der Waals surface area contributed by atoms with Gasteiger partial charge in [0.2, 0.25) is 15.6 Å². The topological polar surface area (TPSA) is 54.0 Å². The Labute approximate surface area is 136 Å². The van der Waals surface area contributed by atoms with Crippen LogP contribution in [0.3, 0.4) is 0 Å². The van der Waals surface area contributed by atoms with Gasteiger partial charge >= 0.3 is 5.97 Å². The fourth-order valence-corrected chi connectivity index (χ4v) is 2.30. The highest BCUT2D eigenvalue weighted by Crippen LogP contribution is 2.23. The van der Waals surface area contributed by atoms with E-state index in [9.17, 15) is 26.7 Å². The molecule has 0 N–H and O–H groups in total. The minimum absolute atomic E-state index is 0.295. The minimum atomic E-state index is -2.35. The molecule has 0 spiro atoms. The molecular weight excluding hydrogens is 359 g/mol. The lowest BCUT2D eigenvalue weighted by Crippen LogP contribution is -2.26.